The van der Waals surface area contributed by atoms with E-state index in [1.54, 1.807) is 6.08 Å². The van der Waals surface area contributed by atoms with E-state index in [4.69, 9.17) is 9.05 Å². The van der Waals surface area contributed by atoms with Crippen molar-refractivity contribution < 1.29 is 32.9 Å². The zero-order chi connectivity index (χ0) is 49.2. The predicted molar refractivity (Wildman–Crippen MR) is 291 cm³/mol. The Bertz CT molecular complexity index is 1190. The highest BCUT2D eigenvalue weighted by Gasteiger charge is 2.27. The first-order valence-corrected chi connectivity index (χ1v) is 30.4. The lowest BCUT2D eigenvalue weighted by molar-refractivity contribution is -0.870. The number of carbonyl (C=O) groups excluding carboxylic acids is 1. The van der Waals surface area contributed by atoms with Crippen LogP contribution in [0, 0.1) is 0 Å². The summed E-state index contributed by atoms with van der Waals surface area (Å²) >= 11 is 0. The van der Waals surface area contributed by atoms with Gasteiger partial charge < -0.3 is 19.8 Å². The van der Waals surface area contributed by atoms with Gasteiger partial charge in [-0.25, -0.2) is 4.57 Å². The first-order chi connectivity index (χ1) is 32.5. The molecule has 9 heteroatoms. The number of phosphoric acid groups is 1. The number of nitrogens with zero attached hydrogens (tertiary/aromatic N) is 1. The third kappa shape index (κ3) is 52.4. The SMILES string of the molecule is CCCCCCCCCCCCCC/C=C\CCCCCCCCCCC(=O)NC(COP(=O)(O)OCC[N+](C)(C)C)C(O)/C=C/CC/C=C/CCCCCCCCCCCCCCCCC. The number of hydrogen-bond acceptors (Lipinski definition) is 5. The van der Waals surface area contributed by atoms with Gasteiger partial charge in [-0.2, -0.15) is 0 Å². The van der Waals surface area contributed by atoms with Crippen molar-refractivity contribution in [1.82, 2.24) is 5.32 Å². The fourth-order valence-electron chi connectivity index (χ4n) is 8.53. The standard InChI is InChI=1S/C58H113N2O6P/c1-6-8-10-12-14-16-18-20-22-24-26-28-29-30-32-34-36-38-40-42-44-46-48-50-52-58(62)59-56(55-66-67(63,64)65-54-53-60(3,4)5)57(61)51-49-47-45-43-41-39-37-35-33-31-27-25-23-21-19-17-15-13-11-9-7-2/h30,32,41,43,49,51,56-57,61H,6-29,31,33-40,42,44-48,50,52-55H2,1-5H3,(H-,59,62,63,64)/p+1/b32-30-,43-41+,51-49+. The van der Waals surface area contributed by atoms with Crippen molar-refractivity contribution in [1.29, 1.82) is 0 Å². The van der Waals surface area contributed by atoms with Crippen molar-refractivity contribution in [3.05, 3.63) is 36.5 Å². The van der Waals surface area contributed by atoms with Crippen molar-refractivity contribution in [3.63, 3.8) is 0 Å². The summed E-state index contributed by atoms with van der Waals surface area (Å²) < 4.78 is 23.7. The molecule has 0 saturated heterocycles. The highest BCUT2D eigenvalue weighted by Crippen LogP contribution is 2.43. The van der Waals surface area contributed by atoms with Crippen molar-refractivity contribution in [2.75, 3.05) is 40.9 Å². The Balaban J connectivity index is 4.25. The third-order valence-electron chi connectivity index (χ3n) is 13.1. The second-order valence-corrected chi connectivity index (χ2v) is 22.5. The number of rotatable bonds is 53. The summed E-state index contributed by atoms with van der Waals surface area (Å²) in [5.74, 6) is -0.187. The number of likely N-dealkylation sites (N-methyl/N-ethyl adjacent to an activating group) is 1. The molecule has 1 amide bonds. The van der Waals surface area contributed by atoms with Gasteiger partial charge in [-0.1, -0.05) is 249 Å². The summed E-state index contributed by atoms with van der Waals surface area (Å²) in [5.41, 5.74) is 0. The molecule has 0 aliphatic heterocycles. The number of aliphatic hydroxyl groups is 1. The highest BCUT2D eigenvalue weighted by molar-refractivity contribution is 7.47. The third-order valence-corrected chi connectivity index (χ3v) is 14.1. The van der Waals surface area contributed by atoms with E-state index in [0.29, 0.717) is 17.4 Å². The molecule has 3 atom stereocenters. The molecule has 3 N–H and O–H groups in total. The maximum atomic E-state index is 13.0. The molecule has 0 spiro atoms. The van der Waals surface area contributed by atoms with E-state index in [1.807, 2.05) is 27.2 Å². The predicted octanol–water partition coefficient (Wildman–Crippen LogP) is 17.4. The average Bonchev–Trinajstić information content (AvgIpc) is 3.29. The summed E-state index contributed by atoms with van der Waals surface area (Å²) in [5, 5.41) is 13.9. The number of allylic oxidation sites excluding steroid dienone is 5. The molecule has 0 aliphatic carbocycles. The smallest absolute Gasteiger partial charge is 0.387 e. The summed E-state index contributed by atoms with van der Waals surface area (Å²) in [7, 11) is 1.56. The molecule has 8 nitrogen and oxygen atoms in total. The minimum atomic E-state index is -4.35. The van der Waals surface area contributed by atoms with Gasteiger partial charge in [0.05, 0.1) is 39.9 Å². The van der Waals surface area contributed by atoms with Crippen LogP contribution >= 0.6 is 7.82 Å². The molecular formula is C58H114N2O6P+. The Hall–Kier alpha value is -1.28. The van der Waals surface area contributed by atoms with Crippen LogP contribution in [0.25, 0.3) is 0 Å². The minimum Gasteiger partial charge on any atom is -0.387 e. The van der Waals surface area contributed by atoms with Crippen LogP contribution in [0.4, 0.5) is 0 Å². The lowest BCUT2D eigenvalue weighted by atomic mass is 10.0. The van der Waals surface area contributed by atoms with Gasteiger partial charge in [0, 0.05) is 6.42 Å². The van der Waals surface area contributed by atoms with Gasteiger partial charge in [0.15, 0.2) is 0 Å². The number of unbranched alkanes of at least 4 members (excludes halogenated alkanes) is 36. The van der Waals surface area contributed by atoms with Crippen LogP contribution in [0.2, 0.25) is 0 Å². The van der Waals surface area contributed by atoms with Crippen molar-refractivity contribution in [3.8, 4) is 0 Å². The maximum Gasteiger partial charge on any atom is 0.472 e. The highest BCUT2D eigenvalue weighted by atomic mass is 31.2. The van der Waals surface area contributed by atoms with Crippen LogP contribution in [-0.2, 0) is 18.4 Å². The zero-order valence-corrected chi connectivity index (χ0v) is 46.0. The lowest BCUT2D eigenvalue weighted by Gasteiger charge is -2.25. The van der Waals surface area contributed by atoms with Crippen LogP contribution in [0.5, 0.6) is 0 Å². The Morgan fingerprint density at radius 3 is 1.19 bits per heavy atom. The molecule has 0 aliphatic rings. The van der Waals surface area contributed by atoms with Gasteiger partial charge in [0.25, 0.3) is 0 Å². The number of nitrogens with one attached hydrogen (secondary N) is 1. The molecule has 396 valence electrons. The molecule has 0 radical (unpaired) electrons. The molecule has 0 fully saturated rings. The Kier molecular flexibility index (Phi) is 48.7. The van der Waals surface area contributed by atoms with Crippen LogP contribution in [0.15, 0.2) is 36.5 Å². The van der Waals surface area contributed by atoms with Gasteiger partial charge >= 0.3 is 7.82 Å². The second-order valence-electron chi connectivity index (χ2n) is 21.0. The average molecular weight is 967 g/mol. The number of aliphatic hydroxyl groups excluding tert-OH is 1. The zero-order valence-electron chi connectivity index (χ0n) is 45.2. The van der Waals surface area contributed by atoms with Crippen molar-refractivity contribution in [2.24, 2.45) is 0 Å². The second kappa shape index (κ2) is 49.7. The molecule has 0 aromatic carbocycles. The Labute approximate surface area is 417 Å². The van der Waals surface area contributed by atoms with E-state index in [2.05, 4.69) is 43.5 Å². The number of phosphoric ester groups is 1. The fraction of sp³-hybridized carbons (Fsp3) is 0.879. The quantitative estimate of drug-likeness (QED) is 0.0243. The molecule has 0 heterocycles. The molecule has 0 saturated carbocycles. The van der Waals surface area contributed by atoms with Crippen LogP contribution in [0.3, 0.4) is 0 Å². The van der Waals surface area contributed by atoms with E-state index >= 15 is 0 Å². The summed E-state index contributed by atoms with van der Waals surface area (Å²) in [6.45, 7) is 4.83. The van der Waals surface area contributed by atoms with Crippen LogP contribution < -0.4 is 5.32 Å². The number of amides is 1. The fourth-order valence-corrected chi connectivity index (χ4v) is 9.26. The van der Waals surface area contributed by atoms with Crippen molar-refractivity contribution in [2.45, 2.75) is 289 Å². The van der Waals surface area contributed by atoms with Gasteiger partial charge in [0.2, 0.25) is 5.91 Å². The first kappa shape index (κ1) is 65.7. The van der Waals surface area contributed by atoms with E-state index < -0.39 is 20.0 Å². The molecule has 0 bridgehead atoms. The van der Waals surface area contributed by atoms with Crippen LogP contribution in [0.1, 0.15) is 277 Å². The van der Waals surface area contributed by atoms with E-state index in [-0.39, 0.29) is 19.1 Å². The number of hydrogen-bond donors (Lipinski definition) is 3. The van der Waals surface area contributed by atoms with Crippen molar-refractivity contribution >= 4 is 13.7 Å². The normalized spacial score (nSPS) is 14.2. The van der Waals surface area contributed by atoms with E-state index in [9.17, 15) is 19.4 Å². The number of carbonyl (C=O) groups is 1. The van der Waals surface area contributed by atoms with Gasteiger partial charge in [0.1, 0.15) is 13.2 Å². The van der Waals surface area contributed by atoms with Gasteiger partial charge in [-0.3, -0.25) is 13.8 Å². The molecule has 67 heavy (non-hydrogen) atoms. The molecular weight excluding hydrogens is 852 g/mol. The Morgan fingerprint density at radius 2 is 0.821 bits per heavy atom. The van der Waals surface area contributed by atoms with E-state index in [0.717, 1.165) is 38.5 Å². The topological polar surface area (TPSA) is 105 Å². The van der Waals surface area contributed by atoms with Gasteiger partial charge in [-0.05, 0) is 57.8 Å². The molecule has 0 aromatic heterocycles. The first-order valence-electron chi connectivity index (χ1n) is 28.9. The van der Waals surface area contributed by atoms with Gasteiger partial charge in [-0.15, -0.1) is 0 Å². The molecule has 3 unspecified atom stereocenters. The van der Waals surface area contributed by atoms with Crippen LogP contribution in [-0.4, -0.2) is 73.4 Å². The maximum absolute atomic E-state index is 13.0. The number of quaternary nitrogens is 1. The summed E-state index contributed by atoms with van der Waals surface area (Å²) in [6, 6.07) is -0.865. The lowest BCUT2D eigenvalue weighted by Crippen LogP contribution is -2.45. The molecule has 0 aromatic rings. The van der Waals surface area contributed by atoms with E-state index in [1.165, 1.54) is 218 Å². The molecule has 0 rings (SSSR count). The monoisotopic (exact) mass is 966 g/mol. The summed E-state index contributed by atoms with van der Waals surface area (Å²) in [4.78, 5) is 23.3. The minimum absolute atomic E-state index is 0.0562. The summed E-state index contributed by atoms with van der Waals surface area (Å²) in [6.07, 6.45) is 63.9. The largest absolute Gasteiger partial charge is 0.472 e. The Morgan fingerprint density at radius 1 is 0.493 bits per heavy atom.